The van der Waals surface area contributed by atoms with Crippen LogP contribution < -0.4 is 10.2 Å². The van der Waals surface area contributed by atoms with E-state index in [0.29, 0.717) is 6.04 Å². The smallest absolute Gasteiger partial charge is 0.161 e. The van der Waals surface area contributed by atoms with Gasteiger partial charge in [0.25, 0.3) is 0 Å². The molecule has 5 nitrogen and oxygen atoms in total. The lowest BCUT2D eigenvalue weighted by molar-refractivity contribution is 0.486. The summed E-state index contributed by atoms with van der Waals surface area (Å²) < 4.78 is 0.893. The quantitative estimate of drug-likeness (QED) is 0.719. The maximum atomic E-state index is 4.70. The number of para-hydroxylation sites is 2. The molecule has 0 amide bonds. The molecule has 1 saturated heterocycles. The monoisotopic (exact) mass is 377 g/mol. The number of nitrogens with one attached hydrogen (secondary N) is 2. The Kier molecular flexibility index (Phi) is 3.63. The van der Waals surface area contributed by atoms with Crippen LogP contribution in [-0.2, 0) is 0 Å². The zero-order chi connectivity index (χ0) is 15.1. The molecular weight excluding hydrogens is 362 g/mol. The third kappa shape index (κ3) is 2.53. The van der Waals surface area contributed by atoms with Crippen LogP contribution in [0.1, 0.15) is 6.92 Å². The van der Waals surface area contributed by atoms with Crippen molar-refractivity contribution in [2.45, 2.75) is 13.0 Å². The van der Waals surface area contributed by atoms with E-state index in [0.717, 1.165) is 46.1 Å². The van der Waals surface area contributed by atoms with E-state index in [1.807, 2.05) is 24.3 Å². The summed E-state index contributed by atoms with van der Waals surface area (Å²) in [5, 5.41) is 4.66. The molecule has 0 saturated carbocycles. The molecule has 2 N–H and O–H groups in total. The first-order chi connectivity index (χ1) is 10.7. The van der Waals surface area contributed by atoms with E-state index in [1.54, 1.807) is 11.3 Å². The molecule has 0 bridgehead atoms. The van der Waals surface area contributed by atoms with Crippen molar-refractivity contribution in [1.82, 2.24) is 20.3 Å². The van der Waals surface area contributed by atoms with E-state index in [4.69, 9.17) is 4.98 Å². The van der Waals surface area contributed by atoms with Crippen LogP contribution >= 0.6 is 27.3 Å². The van der Waals surface area contributed by atoms with Crippen molar-refractivity contribution in [2.24, 2.45) is 0 Å². The molecule has 1 aromatic carbocycles. The first-order valence-electron chi connectivity index (χ1n) is 7.30. The fraction of sp³-hybridized carbons (Fsp3) is 0.333. The van der Waals surface area contributed by atoms with Gasteiger partial charge in [0.05, 0.1) is 11.0 Å². The summed E-state index contributed by atoms with van der Waals surface area (Å²) in [5.74, 6) is 0.837. The molecule has 22 heavy (non-hydrogen) atoms. The van der Waals surface area contributed by atoms with Crippen LogP contribution in [-0.4, -0.2) is 40.6 Å². The topological polar surface area (TPSA) is 56.8 Å². The summed E-state index contributed by atoms with van der Waals surface area (Å²) in [5.41, 5.74) is 2.95. The lowest BCUT2D eigenvalue weighted by Gasteiger charge is -2.32. The van der Waals surface area contributed by atoms with E-state index in [9.17, 15) is 0 Å². The van der Waals surface area contributed by atoms with Gasteiger partial charge in [-0.25, -0.2) is 9.97 Å². The summed E-state index contributed by atoms with van der Waals surface area (Å²) in [7, 11) is 0. The number of piperazine rings is 1. The van der Waals surface area contributed by atoms with Crippen LogP contribution in [0, 0.1) is 0 Å². The number of anilines is 1. The summed E-state index contributed by atoms with van der Waals surface area (Å²) in [6, 6.07) is 8.56. The number of imidazole rings is 1. The highest BCUT2D eigenvalue weighted by Crippen LogP contribution is 2.38. The Morgan fingerprint density at radius 3 is 3.00 bits per heavy atom. The lowest BCUT2D eigenvalue weighted by atomic mass is 10.2. The van der Waals surface area contributed by atoms with Gasteiger partial charge in [-0.15, -0.1) is 0 Å². The van der Waals surface area contributed by atoms with Crippen molar-refractivity contribution in [3.05, 3.63) is 28.2 Å². The number of H-pyrrole nitrogens is 1. The normalized spacial score (nSPS) is 19.0. The molecule has 1 atom stereocenters. The maximum absolute atomic E-state index is 4.70. The van der Waals surface area contributed by atoms with E-state index < -0.39 is 0 Å². The lowest BCUT2D eigenvalue weighted by Crippen LogP contribution is -2.49. The molecule has 1 aliphatic rings. The van der Waals surface area contributed by atoms with Gasteiger partial charge in [0, 0.05) is 25.7 Å². The molecule has 1 aliphatic heterocycles. The van der Waals surface area contributed by atoms with Crippen molar-refractivity contribution in [3.63, 3.8) is 0 Å². The SMILES string of the molecule is C[C@@H]1CN(c2sc(Br)nc2-c2nc3ccccc3[nH]2)CCN1. The van der Waals surface area contributed by atoms with E-state index in [2.05, 4.69) is 43.0 Å². The Hall–Kier alpha value is -1.44. The molecule has 0 unspecified atom stereocenters. The van der Waals surface area contributed by atoms with E-state index in [-0.39, 0.29) is 0 Å². The Morgan fingerprint density at radius 2 is 2.18 bits per heavy atom. The molecule has 3 heterocycles. The number of fused-ring (bicyclic) bond motifs is 1. The highest BCUT2D eigenvalue weighted by atomic mass is 79.9. The van der Waals surface area contributed by atoms with Gasteiger partial charge in [-0.05, 0) is 35.0 Å². The summed E-state index contributed by atoms with van der Waals surface area (Å²) >= 11 is 5.20. The number of rotatable bonds is 2. The molecule has 7 heteroatoms. The van der Waals surface area contributed by atoms with Gasteiger partial charge in [-0.2, -0.15) is 0 Å². The van der Waals surface area contributed by atoms with E-state index in [1.165, 1.54) is 5.00 Å². The van der Waals surface area contributed by atoms with Crippen LogP contribution in [0.4, 0.5) is 5.00 Å². The molecular formula is C15H16BrN5S. The Balaban J connectivity index is 1.78. The number of halogens is 1. The summed E-state index contributed by atoms with van der Waals surface area (Å²) in [4.78, 5) is 15.1. The number of hydrogen-bond acceptors (Lipinski definition) is 5. The summed E-state index contributed by atoms with van der Waals surface area (Å²) in [6.07, 6.45) is 0. The zero-order valence-corrected chi connectivity index (χ0v) is 14.5. The minimum absolute atomic E-state index is 0.484. The minimum atomic E-state index is 0.484. The standard InChI is InChI=1S/C15H16BrN5S/c1-9-8-21(7-6-17-9)14-12(20-15(16)22-14)13-18-10-4-2-3-5-11(10)19-13/h2-5,9,17H,6-8H2,1H3,(H,18,19)/t9-/m1/s1. The molecule has 0 spiro atoms. The first-order valence-corrected chi connectivity index (χ1v) is 8.91. The van der Waals surface area contributed by atoms with Gasteiger partial charge in [-0.3, -0.25) is 0 Å². The second kappa shape index (κ2) is 5.64. The molecule has 3 aromatic rings. The van der Waals surface area contributed by atoms with Gasteiger partial charge >= 0.3 is 0 Å². The third-order valence-electron chi connectivity index (χ3n) is 3.85. The fourth-order valence-electron chi connectivity index (χ4n) is 2.84. The van der Waals surface area contributed by atoms with Crippen LogP contribution in [0.25, 0.3) is 22.6 Å². The number of aromatic amines is 1. The fourth-order valence-corrected chi connectivity index (χ4v) is 4.30. The zero-order valence-electron chi connectivity index (χ0n) is 12.1. The predicted octanol–water partition coefficient (Wildman–Crippen LogP) is 3.25. The number of thiazole rings is 1. The van der Waals surface area contributed by atoms with Crippen molar-refractivity contribution in [2.75, 3.05) is 24.5 Å². The molecule has 1 fully saturated rings. The van der Waals surface area contributed by atoms with Crippen molar-refractivity contribution in [3.8, 4) is 11.5 Å². The number of benzene rings is 1. The second-order valence-corrected chi connectivity index (χ2v) is 7.78. The minimum Gasteiger partial charge on any atom is -0.359 e. The van der Waals surface area contributed by atoms with Crippen LogP contribution in [0.3, 0.4) is 0 Å². The Labute approximate surface area is 140 Å². The highest BCUT2D eigenvalue weighted by Gasteiger charge is 2.24. The Bertz CT molecular complexity index is 778. The second-order valence-electron chi connectivity index (χ2n) is 5.52. The largest absolute Gasteiger partial charge is 0.359 e. The molecule has 4 rings (SSSR count). The van der Waals surface area contributed by atoms with Gasteiger partial charge in [0.15, 0.2) is 9.74 Å². The van der Waals surface area contributed by atoms with Crippen LogP contribution in [0.5, 0.6) is 0 Å². The number of hydrogen-bond donors (Lipinski definition) is 2. The maximum Gasteiger partial charge on any atom is 0.161 e. The first kappa shape index (κ1) is 14.2. The summed E-state index contributed by atoms with van der Waals surface area (Å²) in [6.45, 7) is 5.19. The molecule has 114 valence electrons. The van der Waals surface area contributed by atoms with Crippen LogP contribution in [0.15, 0.2) is 28.2 Å². The van der Waals surface area contributed by atoms with Crippen molar-refractivity contribution < 1.29 is 0 Å². The highest BCUT2D eigenvalue weighted by molar-refractivity contribution is 9.11. The number of aromatic nitrogens is 3. The Morgan fingerprint density at radius 1 is 1.32 bits per heavy atom. The van der Waals surface area contributed by atoms with E-state index >= 15 is 0 Å². The van der Waals surface area contributed by atoms with Crippen molar-refractivity contribution in [1.29, 1.82) is 0 Å². The molecule has 2 aromatic heterocycles. The van der Waals surface area contributed by atoms with Gasteiger partial charge in [0.1, 0.15) is 10.7 Å². The third-order valence-corrected chi connectivity index (χ3v) is 5.42. The van der Waals surface area contributed by atoms with Crippen molar-refractivity contribution >= 4 is 43.3 Å². The van der Waals surface area contributed by atoms with Gasteiger partial charge < -0.3 is 15.2 Å². The predicted molar refractivity (Wildman–Crippen MR) is 94.6 cm³/mol. The van der Waals surface area contributed by atoms with Gasteiger partial charge in [0.2, 0.25) is 0 Å². The average Bonchev–Trinajstić information content (AvgIpc) is 3.10. The van der Waals surface area contributed by atoms with Gasteiger partial charge in [-0.1, -0.05) is 23.5 Å². The number of nitrogens with zero attached hydrogens (tertiary/aromatic N) is 3. The molecule has 0 radical (unpaired) electrons. The van der Waals surface area contributed by atoms with Crippen LogP contribution in [0.2, 0.25) is 0 Å². The average molecular weight is 378 g/mol. The molecule has 0 aliphatic carbocycles.